The summed E-state index contributed by atoms with van der Waals surface area (Å²) in [7, 11) is 2.08. The minimum Gasteiger partial charge on any atom is -0.468 e. The second-order valence-corrected chi connectivity index (χ2v) is 4.66. The summed E-state index contributed by atoms with van der Waals surface area (Å²) in [4.78, 5) is 2.22. The number of thiophene rings is 1. The van der Waals surface area contributed by atoms with Crippen LogP contribution in [0.1, 0.15) is 16.9 Å². The number of nitrogens with zero attached hydrogens (tertiary/aromatic N) is 1. The predicted octanol–water partition coefficient (Wildman–Crippen LogP) is 2.43. The second-order valence-electron chi connectivity index (χ2n) is 3.88. The van der Waals surface area contributed by atoms with E-state index >= 15 is 0 Å². The molecule has 0 saturated carbocycles. The molecular formula is C12H16N2OS. The van der Waals surface area contributed by atoms with E-state index in [-0.39, 0.29) is 0 Å². The molecule has 86 valence electrons. The molecule has 2 N–H and O–H groups in total. The van der Waals surface area contributed by atoms with Crippen molar-refractivity contribution in [1.29, 1.82) is 0 Å². The summed E-state index contributed by atoms with van der Waals surface area (Å²) in [5.74, 6) is 0.972. The van der Waals surface area contributed by atoms with Crippen molar-refractivity contribution in [2.45, 2.75) is 19.6 Å². The Balaban J connectivity index is 1.94. The van der Waals surface area contributed by atoms with Crippen molar-refractivity contribution in [3.05, 3.63) is 46.0 Å². The van der Waals surface area contributed by atoms with Crippen LogP contribution in [0.4, 0.5) is 0 Å². The first-order chi connectivity index (χ1) is 7.79. The molecule has 4 heteroatoms. The molecule has 0 aromatic carbocycles. The molecule has 0 amide bonds. The van der Waals surface area contributed by atoms with Gasteiger partial charge in [0.05, 0.1) is 12.8 Å². The lowest BCUT2D eigenvalue weighted by atomic mass is 10.2. The number of rotatable bonds is 5. The molecule has 0 fully saturated rings. The molecule has 0 aliphatic carbocycles. The van der Waals surface area contributed by atoms with E-state index in [1.807, 2.05) is 6.07 Å². The summed E-state index contributed by atoms with van der Waals surface area (Å²) < 4.78 is 5.43. The van der Waals surface area contributed by atoms with Crippen molar-refractivity contribution >= 4 is 11.3 Å². The lowest BCUT2D eigenvalue weighted by Gasteiger charge is -2.14. The molecule has 2 rings (SSSR count). The molecule has 0 aliphatic rings. The average Bonchev–Trinajstić information content (AvgIpc) is 2.88. The molecule has 0 atom stereocenters. The fraction of sp³-hybridized carbons (Fsp3) is 0.333. The molecule has 0 spiro atoms. The van der Waals surface area contributed by atoms with Crippen LogP contribution >= 0.6 is 11.3 Å². The third-order valence-electron chi connectivity index (χ3n) is 2.50. The minimum absolute atomic E-state index is 0.540. The van der Waals surface area contributed by atoms with Gasteiger partial charge in [0.15, 0.2) is 0 Å². The van der Waals surface area contributed by atoms with Crippen molar-refractivity contribution in [1.82, 2.24) is 4.90 Å². The highest BCUT2D eigenvalue weighted by atomic mass is 32.1. The van der Waals surface area contributed by atoms with Crippen molar-refractivity contribution in [3.63, 3.8) is 0 Å². The highest BCUT2D eigenvalue weighted by Crippen LogP contribution is 2.14. The van der Waals surface area contributed by atoms with E-state index in [2.05, 4.69) is 28.8 Å². The van der Waals surface area contributed by atoms with Crippen molar-refractivity contribution < 1.29 is 4.42 Å². The third-order valence-corrected chi connectivity index (χ3v) is 3.24. The Labute approximate surface area is 99.5 Å². The van der Waals surface area contributed by atoms with E-state index in [1.54, 1.807) is 17.6 Å². The molecule has 0 radical (unpaired) electrons. The van der Waals surface area contributed by atoms with E-state index in [0.717, 1.165) is 24.4 Å². The summed E-state index contributed by atoms with van der Waals surface area (Å²) in [5.41, 5.74) is 8.07. The van der Waals surface area contributed by atoms with Crippen LogP contribution in [0.5, 0.6) is 0 Å². The normalized spacial score (nSPS) is 11.2. The Morgan fingerprint density at radius 3 is 2.94 bits per heavy atom. The standard InChI is InChI=1S/C12H16N2OS/c1-14(7-10-3-5-16-9-10)8-12-11(6-13)2-4-15-12/h2-5,9H,6-8,13H2,1H3. The Kier molecular flexibility index (Phi) is 3.77. The van der Waals surface area contributed by atoms with E-state index in [4.69, 9.17) is 10.2 Å². The monoisotopic (exact) mass is 236 g/mol. The fourth-order valence-corrected chi connectivity index (χ4v) is 2.34. The van der Waals surface area contributed by atoms with Gasteiger partial charge < -0.3 is 10.2 Å². The van der Waals surface area contributed by atoms with Crippen molar-refractivity contribution in [3.8, 4) is 0 Å². The topological polar surface area (TPSA) is 42.4 Å². The Bertz CT molecular complexity index is 422. The van der Waals surface area contributed by atoms with Crippen molar-refractivity contribution in [2.75, 3.05) is 7.05 Å². The van der Waals surface area contributed by atoms with Gasteiger partial charge in [-0.05, 0) is 35.5 Å². The van der Waals surface area contributed by atoms with Crippen LogP contribution in [0.3, 0.4) is 0 Å². The highest BCUT2D eigenvalue weighted by molar-refractivity contribution is 7.07. The van der Waals surface area contributed by atoms with Crippen LogP contribution in [0.2, 0.25) is 0 Å². The molecule has 2 aromatic rings. The highest BCUT2D eigenvalue weighted by Gasteiger charge is 2.08. The molecular weight excluding hydrogens is 220 g/mol. The maximum Gasteiger partial charge on any atom is 0.122 e. The number of furan rings is 1. The number of hydrogen-bond donors (Lipinski definition) is 1. The van der Waals surface area contributed by atoms with E-state index in [1.165, 1.54) is 5.56 Å². The lowest BCUT2D eigenvalue weighted by Crippen LogP contribution is -2.17. The van der Waals surface area contributed by atoms with Gasteiger partial charge in [0.2, 0.25) is 0 Å². The van der Waals surface area contributed by atoms with E-state index in [0.29, 0.717) is 6.54 Å². The molecule has 2 aromatic heterocycles. The van der Waals surface area contributed by atoms with Crippen LogP contribution in [0.15, 0.2) is 33.6 Å². The Hall–Kier alpha value is -1.10. The molecule has 0 bridgehead atoms. The first-order valence-electron chi connectivity index (χ1n) is 5.24. The maximum absolute atomic E-state index is 5.63. The smallest absolute Gasteiger partial charge is 0.122 e. The minimum atomic E-state index is 0.540. The Morgan fingerprint density at radius 2 is 2.25 bits per heavy atom. The summed E-state index contributed by atoms with van der Waals surface area (Å²) in [6.45, 7) is 2.28. The SMILES string of the molecule is CN(Cc1ccsc1)Cc1occc1CN. The lowest BCUT2D eigenvalue weighted by molar-refractivity contribution is 0.286. The van der Waals surface area contributed by atoms with Gasteiger partial charge in [-0.2, -0.15) is 11.3 Å². The van der Waals surface area contributed by atoms with Gasteiger partial charge in [0.1, 0.15) is 5.76 Å². The van der Waals surface area contributed by atoms with Crippen LogP contribution in [0, 0.1) is 0 Å². The first-order valence-corrected chi connectivity index (χ1v) is 6.19. The Morgan fingerprint density at radius 1 is 1.38 bits per heavy atom. The molecule has 16 heavy (non-hydrogen) atoms. The molecule has 2 heterocycles. The summed E-state index contributed by atoms with van der Waals surface area (Å²) in [6, 6.07) is 4.08. The van der Waals surface area contributed by atoms with Crippen LogP contribution in [-0.2, 0) is 19.6 Å². The van der Waals surface area contributed by atoms with Crippen LogP contribution in [0.25, 0.3) is 0 Å². The van der Waals surface area contributed by atoms with Gasteiger partial charge in [0.25, 0.3) is 0 Å². The van der Waals surface area contributed by atoms with Gasteiger partial charge in [0, 0.05) is 18.7 Å². The first kappa shape index (κ1) is 11.4. The largest absolute Gasteiger partial charge is 0.468 e. The zero-order valence-corrected chi connectivity index (χ0v) is 10.2. The van der Waals surface area contributed by atoms with Gasteiger partial charge in [-0.25, -0.2) is 0 Å². The number of nitrogens with two attached hydrogens (primary N) is 1. The molecule has 0 unspecified atom stereocenters. The quantitative estimate of drug-likeness (QED) is 0.867. The van der Waals surface area contributed by atoms with Gasteiger partial charge in [-0.3, -0.25) is 4.90 Å². The summed E-state index contributed by atoms with van der Waals surface area (Å²) in [5, 5.41) is 4.27. The molecule has 3 nitrogen and oxygen atoms in total. The number of hydrogen-bond acceptors (Lipinski definition) is 4. The van der Waals surface area contributed by atoms with Crippen molar-refractivity contribution in [2.24, 2.45) is 5.73 Å². The zero-order valence-electron chi connectivity index (χ0n) is 9.35. The van der Waals surface area contributed by atoms with Gasteiger partial charge >= 0.3 is 0 Å². The predicted molar refractivity (Wildman–Crippen MR) is 66.1 cm³/mol. The molecule has 0 aliphatic heterocycles. The van der Waals surface area contributed by atoms with E-state index < -0.39 is 0 Å². The second kappa shape index (κ2) is 5.30. The summed E-state index contributed by atoms with van der Waals surface area (Å²) >= 11 is 1.73. The van der Waals surface area contributed by atoms with Gasteiger partial charge in [-0.15, -0.1) is 0 Å². The third kappa shape index (κ3) is 2.72. The van der Waals surface area contributed by atoms with Crippen LogP contribution < -0.4 is 5.73 Å². The summed E-state index contributed by atoms with van der Waals surface area (Å²) in [6.07, 6.45) is 1.70. The van der Waals surface area contributed by atoms with Crippen LogP contribution in [-0.4, -0.2) is 11.9 Å². The molecule has 0 saturated heterocycles. The van der Waals surface area contributed by atoms with Gasteiger partial charge in [-0.1, -0.05) is 0 Å². The zero-order chi connectivity index (χ0) is 11.4. The fourth-order valence-electron chi connectivity index (χ4n) is 1.68. The van der Waals surface area contributed by atoms with E-state index in [9.17, 15) is 0 Å². The average molecular weight is 236 g/mol. The maximum atomic E-state index is 5.63.